The molecule has 112 valence electrons. The highest BCUT2D eigenvalue weighted by atomic mass is 79.9. The Morgan fingerprint density at radius 3 is 2.75 bits per heavy atom. The average molecular weight is 345 g/mol. The van der Waals surface area contributed by atoms with E-state index in [9.17, 15) is 4.79 Å². The third-order valence-corrected chi connectivity index (χ3v) is 3.90. The summed E-state index contributed by atoms with van der Waals surface area (Å²) in [5, 5.41) is 14.7. The van der Waals surface area contributed by atoms with E-state index in [0.717, 1.165) is 10.0 Å². The van der Waals surface area contributed by atoms with Crippen LogP contribution in [0.15, 0.2) is 22.7 Å². The molecule has 3 N–H and O–H groups in total. The summed E-state index contributed by atoms with van der Waals surface area (Å²) in [7, 11) is 1.61. The third kappa shape index (κ3) is 4.77. The molecule has 0 saturated heterocycles. The molecule has 6 heteroatoms. The van der Waals surface area contributed by atoms with Gasteiger partial charge in [-0.2, -0.15) is 0 Å². The van der Waals surface area contributed by atoms with Crippen LogP contribution in [0.2, 0.25) is 0 Å². The largest absolute Gasteiger partial charge is 0.396 e. The fourth-order valence-electron chi connectivity index (χ4n) is 1.63. The maximum absolute atomic E-state index is 12.0. The molecule has 0 aliphatic rings. The first-order valence-corrected chi connectivity index (χ1v) is 7.23. The maximum Gasteiger partial charge on any atom is 0.319 e. The molecule has 0 saturated carbocycles. The molecule has 5 nitrogen and oxygen atoms in total. The van der Waals surface area contributed by atoms with Crippen molar-refractivity contribution in [3.8, 4) is 0 Å². The molecule has 1 rings (SSSR count). The zero-order valence-corrected chi connectivity index (χ0v) is 13.5. The van der Waals surface area contributed by atoms with Gasteiger partial charge < -0.3 is 20.5 Å². The summed E-state index contributed by atoms with van der Waals surface area (Å²) >= 11 is 3.44. The van der Waals surface area contributed by atoms with Gasteiger partial charge in [0.1, 0.15) is 0 Å². The number of aliphatic hydroxyl groups excluding tert-OH is 1. The second-order valence-electron chi connectivity index (χ2n) is 4.75. The molecule has 2 unspecified atom stereocenters. The van der Waals surface area contributed by atoms with E-state index in [1.165, 1.54) is 0 Å². The van der Waals surface area contributed by atoms with Crippen LogP contribution in [0.3, 0.4) is 0 Å². The molecular weight excluding hydrogens is 324 g/mol. The number of hydrogen-bond donors (Lipinski definition) is 3. The molecule has 0 fully saturated rings. The van der Waals surface area contributed by atoms with Gasteiger partial charge in [0, 0.05) is 35.5 Å². The maximum atomic E-state index is 12.0. The molecule has 0 aromatic heterocycles. The highest BCUT2D eigenvalue weighted by Crippen LogP contribution is 2.25. The topological polar surface area (TPSA) is 70.6 Å². The normalized spacial score (nSPS) is 13.7. The van der Waals surface area contributed by atoms with Gasteiger partial charge in [0.2, 0.25) is 0 Å². The van der Waals surface area contributed by atoms with Gasteiger partial charge in [0.15, 0.2) is 0 Å². The minimum atomic E-state index is -0.298. The highest BCUT2D eigenvalue weighted by molar-refractivity contribution is 9.10. The van der Waals surface area contributed by atoms with Crippen LogP contribution in [0.4, 0.5) is 10.5 Å². The van der Waals surface area contributed by atoms with E-state index in [1.54, 1.807) is 7.11 Å². The van der Waals surface area contributed by atoms with Crippen LogP contribution < -0.4 is 10.6 Å². The number of benzene rings is 1. The predicted octanol–water partition coefficient (Wildman–Crippen LogP) is 2.73. The monoisotopic (exact) mass is 344 g/mol. The smallest absolute Gasteiger partial charge is 0.319 e. The van der Waals surface area contributed by atoms with Gasteiger partial charge >= 0.3 is 6.03 Å². The minimum Gasteiger partial charge on any atom is -0.396 e. The first-order chi connectivity index (χ1) is 9.49. The zero-order chi connectivity index (χ0) is 15.1. The van der Waals surface area contributed by atoms with Gasteiger partial charge in [-0.25, -0.2) is 4.79 Å². The lowest BCUT2D eigenvalue weighted by Crippen LogP contribution is -2.41. The van der Waals surface area contributed by atoms with E-state index < -0.39 is 0 Å². The van der Waals surface area contributed by atoms with Crippen molar-refractivity contribution < 1.29 is 14.6 Å². The van der Waals surface area contributed by atoms with Gasteiger partial charge in [-0.15, -0.1) is 0 Å². The molecule has 0 radical (unpaired) electrons. The quantitative estimate of drug-likeness (QED) is 0.742. The first kappa shape index (κ1) is 16.9. The number of urea groups is 1. The molecule has 1 aromatic carbocycles. The van der Waals surface area contributed by atoms with Crippen LogP contribution in [-0.4, -0.2) is 30.9 Å². The van der Waals surface area contributed by atoms with Crippen molar-refractivity contribution in [2.45, 2.75) is 26.5 Å². The number of rotatable bonds is 6. The van der Waals surface area contributed by atoms with Gasteiger partial charge in [-0.1, -0.05) is 28.9 Å². The molecular formula is C14H21BrN2O3. The van der Waals surface area contributed by atoms with Crippen molar-refractivity contribution >= 4 is 27.6 Å². The third-order valence-electron chi connectivity index (χ3n) is 3.16. The van der Waals surface area contributed by atoms with Crippen molar-refractivity contribution in [2.75, 3.05) is 19.0 Å². The van der Waals surface area contributed by atoms with Crippen LogP contribution in [-0.2, 0) is 11.3 Å². The Labute approximate surface area is 127 Å². The number of aliphatic hydroxyl groups is 1. The summed E-state index contributed by atoms with van der Waals surface area (Å²) in [5.41, 5.74) is 1.58. The summed E-state index contributed by atoms with van der Waals surface area (Å²) < 4.78 is 6.02. The van der Waals surface area contributed by atoms with E-state index in [1.807, 2.05) is 32.0 Å². The van der Waals surface area contributed by atoms with Crippen molar-refractivity contribution in [3.63, 3.8) is 0 Å². The molecule has 0 heterocycles. The Kier molecular flexibility index (Phi) is 6.98. The van der Waals surface area contributed by atoms with E-state index >= 15 is 0 Å². The molecule has 0 aliphatic carbocycles. The van der Waals surface area contributed by atoms with Crippen molar-refractivity contribution in [1.82, 2.24) is 5.32 Å². The lowest BCUT2D eigenvalue weighted by molar-refractivity contribution is 0.185. The van der Waals surface area contributed by atoms with Crippen LogP contribution in [0.25, 0.3) is 0 Å². The van der Waals surface area contributed by atoms with Gasteiger partial charge in [0.25, 0.3) is 0 Å². The number of carbonyl (C=O) groups excluding carboxylic acids is 1. The molecule has 20 heavy (non-hydrogen) atoms. The summed E-state index contributed by atoms with van der Waals surface area (Å²) in [6.45, 7) is 4.17. The summed E-state index contributed by atoms with van der Waals surface area (Å²) in [5.74, 6) is 0.00158. The van der Waals surface area contributed by atoms with E-state index in [4.69, 9.17) is 9.84 Å². The number of carbonyl (C=O) groups is 1. The Bertz CT molecular complexity index is 454. The minimum absolute atomic E-state index is 0.00158. The zero-order valence-electron chi connectivity index (χ0n) is 11.9. The number of amides is 2. The fourth-order valence-corrected chi connectivity index (χ4v) is 2.11. The SMILES string of the molecule is COCc1c(Br)cccc1NC(=O)NC(C)C(C)CO. The fraction of sp³-hybridized carbons (Fsp3) is 0.500. The van der Waals surface area contributed by atoms with E-state index in [0.29, 0.717) is 12.3 Å². The van der Waals surface area contributed by atoms with E-state index in [2.05, 4.69) is 26.6 Å². The molecule has 0 bridgehead atoms. The Balaban J connectivity index is 2.73. The van der Waals surface area contributed by atoms with Gasteiger partial charge in [-0.05, 0) is 25.0 Å². The van der Waals surface area contributed by atoms with Gasteiger partial charge in [-0.3, -0.25) is 0 Å². The van der Waals surface area contributed by atoms with Crippen LogP contribution >= 0.6 is 15.9 Å². The summed E-state index contributed by atoms with van der Waals surface area (Å²) in [6.07, 6.45) is 0. The first-order valence-electron chi connectivity index (χ1n) is 6.44. The Morgan fingerprint density at radius 2 is 2.15 bits per heavy atom. The number of ether oxygens (including phenoxy) is 1. The molecule has 0 aliphatic heterocycles. The molecule has 2 amide bonds. The predicted molar refractivity (Wildman–Crippen MR) is 82.7 cm³/mol. The molecule has 0 spiro atoms. The average Bonchev–Trinajstić information content (AvgIpc) is 2.41. The van der Waals surface area contributed by atoms with Crippen LogP contribution in [0, 0.1) is 5.92 Å². The second-order valence-corrected chi connectivity index (χ2v) is 5.60. The number of hydrogen-bond acceptors (Lipinski definition) is 3. The van der Waals surface area contributed by atoms with Crippen molar-refractivity contribution in [2.24, 2.45) is 5.92 Å². The van der Waals surface area contributed by atoms with E-state index in [-0.39, 0.29) is 24.6 Å². The number of nitrogens with one attached hydrogen (secondary N) is 2. The van der Waals surface area contributed by atoms with Crippen LogP contribution in [0.1, 0.15) is 19.4 Å². The molecule has 2 atom stereocenters. The highest BCUT2D eigenvalue weighted by Gasteiger charge is 2.15. The Morgan fingerprint density at radius 1 is 1.45 bits per heavy atom. The number of methoxy groups -OCH3 is 1. The second kappa shape index (κ2) is 8.24. The summed E-state index contributed by atoms with van der Waals surface area (Å²) in [4.78, 5) is 12.0. The van der Waals surface area contributed by atoms with Gasteiger partial charge in [0.05, 0.1) is 6.61 Å². The summed E-state index contributed by atoms with van der Waals surface area (Å²) in [6, 6.07) is 5.15. The van der Waals surface area contributed by atoms with Crippen LogP contribution in [0.5, 0.6) is 0 Å². The standard InChI is InChI=1S/C14H21BrN2O3/c1-9(7-18)10(2)16-14(19)17-13-6-4-5-12(15)11(13)8-20-3/h4-6,9-10,18H,7-8H2,1-3H3,(H2,16,17,19). The number of anilines is 1. The van der Waals surface area contributed by atoms with Crippen molar-refractivity contribution in [3.05, 3.63) is 28.2 Å². The lowest BCUT2D eigenvalue weighted by atomic mass is 10.1. The Hall–Kier alpha value is -1.11. The lowest BCUT2D eigenvalue weighted by Gasteiger charge is -2.20. The molecule has 1 aromatic rings. The van der Waals surface area contributed by atoms with Crippen molar-refractivity contribution in [1.29, 1.82) is 0 Å². The number of halogens is 1.